The van der Waals surface area contributed by atoms with Gasteiger partial charge in [-0.25, -0.2) is 0 Å². The largest absolute Gasteiger partial charge is 0.494 e. The van der Waals surface area contributed by atoms with E-state index in [1.165, 1.54) is 11.1 Å². The lowest BCUT2D eigenvalue weighted by molar-refractivity contribution is -0.143. The maximum Gasteiger partial charge on any atom is 0.306 e. The topological polar surface area (TPSA) is 49.8 Å². The molecule has 0 saturated carbocycles. The minimum absolute atomic E-state index is 0.145. The molecular formula is C17H25NO3. The van der Waals surface area contributed by atoms with Crippen LogP contribution in [0, 0.1) is 19.8 Å². The van der Waals surface area contributed by atoms with E-state index in [9.17, 15) is 4.79 Å². The molecule has 1 fully saturated rings. The zero-order chi connectivity index (χ0) is 15.2. The lowest BCUT2D eigenvalue weighted by atomic mass is 9.97. The van der Waals surface area contributed by atoms with E-state index in [0.717, 1.165) is 44.6 Å². The van der Waals surface area contributed by atoms with Gasteiger partial charge in [0.05, 0.1) is 12.5 Å². The molecule has 1 aliphatic rings. The number of nitrogens with zero attached hydrogens (tertiary/aromatic N) is 1. The van der Waals surface area contributed by atoms with E-state index in [-0.39, 0.29) is 5.92 Å². The molecule has 2 rings (SSSR count). The van der Waals surface area contributed by atoms with Crippen LogP contribution in [0.1, 0.15) is 30.4 Å². The number of benzene rings is 1. The number of rotatable bonds is 6. The summed E-state index contributed by atoms with van der Waals surface area (Å²) in [6.45, 7) is 7.66. The van der Waals surface area contributed by atoms with Gasteiger partial charge in [-0.3, -0.25) is 4.79 Å². The fraction of sp³-hybridized carbons (Fsp3) is 0.588. The highest BCUT2D eigenvalue weighted by Crippen LogP contribution is 2.18. The highest BCUT2D eigenvalue weighted by molar-refractivity contribution is 5.70. The number of carboxylic acid groups (broad SMARTS) is 1. The van der Waals surface area contributed by atoms with Crippen molar-refractivity contribution >= 4 is 5.97 Å². The fourth-order valence-electron chi connectivity index (χ4n) is 2.69. The fourth-order valence-corrected chi connectivity index (χ4v) is 2.69. The van der Waals surface area contributed by atoms with Gasteiger partial charge in [-0.15, -0.1) is 0 Å². The molecule has 116 valence electrons. The molecule has 1 heterocycles. The van der Waals surface area contributed by atoms with E-state index in [1.807, 2.05) is 6.07 Å². The molecule has 1 N–H and O–H groups in total. The van der Waals surface area contributed by atoms with Gasteiger partial charge in [0.2, 0.25) is 0 Å². The third-order valence-corrected chi connectivity index (χ3v) is 4.30. The zero-order valence-corrected chi connectivity index (χ0v) is 13.0. The van der Waals surface area contributed by atoms with Crippen LogP contribution in [0.5, 0.6) is 5.75 Å². The van der Waals surface area contributed by atoms with Crippen LogP contribution in [0.25, 0.3) is 0 Å². The van der Waals surface area contributed by atoms with E-state index in [2.05, 4.69) is 30.9 Å². The average Bonchev–Trinajstić information content (AvgIpc) is 2.47. The first-order valence-electron chi connectivity index (χ1n) is 7.71. The molecule has 0 aromatic heterocycles. The van der Waals surface area contributed by atoms with Gasteiger partial charge in [-0.2, -0.15) is 0 Å². The van der Waals surface area contributed by atoms with Crippen LogP contribution in [0.2, 0.25) is 0 Å². The molecule has 4 heteroatoms. The van der Waals surface area contributed by atoms with Crippen molar-refractivity contribution in [2.45, 2.75) is 33.1 Å². The predicted molar refractivity (Wildman–Crippen MR) is 82.8 cm³/mol. The van der Waals surface area contributed by atoms with Crippen LogP contribution in [-0.2, 0) is 4.79 Å². The normalized spacial score (nSPS) is 16.9. The van der Waals surface area contributed by atoms with Gasteiger partial charge in [0.15, 0.2) is 0 Å². The first-order valence-corrected chi connectivity index (χ1v) is 7.71. The third-order valence-electron chi connectivity index (χ3n) is 4.30. The molecule has 0 spiro atoms. The van der Waals surface area contributed by atoms with Crippen LogP contribution in [0.4, 0.5) is 0 Å². The molecule has 1 aromatic carbocycles. The van der Waals surface area contributed by atoms with Crippen molar-refractivity contribution in [3.63, 3.8) is 0 Å². The predicted octanol–water partition coefficient (Wildman–Crippen LogP) is 2.87. The minimum Gasteiger partial charge on any atom is -0.494 e. The van der Waals surface area contributed by atoms with Crippen molar-refractivity contribution < 1.29 is 14.6 Å². The summed E-state index contributed by atoms with van der Waals surface area (Å²) in [5.41, 5.74) is 2.53. The Morgan fingerprint density at radius 3 is 2.62 bits per heavy atom. The Kier molecular flexibility index (Phi) is 5.62. The molecule has 4 nitrogen and oxygen atoms in total. The standard InChI is InChI=1S/C17H25NO3/c1-13-4-5-16(12-14(13)2)21-11-3-8-18-9-6-15(7-10-18)17(19)20/h4-5,12,15H,3,6-11H2,1-2H3,(H,19,20). The van der Waals surface area contributed by atoms with Gasteiger partial charge >= 0.3 is 5.97 Å². The molecule has 1 saturated heterocycles. The van der Waals surface area contributed by atoms with Crippen molar-refractivity contribution in [3.05, 3.63) is 29.3 Å². The molecule has 0 radical (unpaired) electrons. The SMILES string of the molecule is Cc1ccc(OCCCN2CCC(C(=O)O)CC2)cc1C. The molecule has 0 aliphatic carbocycles. The van der Waals surface area contributed by atoms with Crippen molar-refractivity contribution in [2.75, 3.05) is 26.2 Å². The average molecular weight is 291 g/mol. The van der Waals surface area contributed by atoms with Crippen LogP contribution in [0.3, 0.4) is 0 Å². The second kappa shape index (κ2) is 7.46. The van der Waals surface area contributed by atoms with Crippen molar-refractivity contribution in [1.29, 1.82) is 0 Å². The number of carboxylic acids is 1. The summed E-state index contributed by atoms with van der Waals surface area (Å²) in [7, 11) is 0. The summed E-state index contributed by atoms with van der Waals surface area (Å²) in [6, 6.07) is 6.18. The first-order chi connectivity index (χ1) is 10.1. The van der Waals surface area contributed by atoms with Crippen LogP contribution in [0.15, 0.2) is 18.2 Å². The lowest BCUT2D eigenvalue weighted by Crippen LogP contribution is -2.37. The Bertz CT molecular complexity index is 479. The molecule has 1 aromatic rings. The van der Waals surface area contributed by atoms with Gasteiger partial charge < -0.3 is 14.7 Å². The molecule has 0 amide bonds. The molecule has 0 unspecified atom stereocenters. The summed E-state index contributed by atoms with van der Waals surface area (Å²) in [6.07, 6.45) is 2.52. The summed E-state index contributed by atoms with van der Waals surface area (Å²) < 4.78 is 5.77. The van der Waals surface area contributed by atoms with E-state index < -0.39 is 5.97 Å². The summed E-state index contributed by atoms with van der Waals surface area (Å²) in [5, 5.41) is 8.97. The van der Waals surface area contributed by atoms with Gasteiger partial charge in [0.25, 0.3) is 0 Å². The highest BCUT2D eigenvalue weighted by Gasteiger charge is 2.23. The van der Waals surface area contributed by atoms with E-state index in [4.69, 9.17) is 9.84 Å². The molecule has 1 aliphatic heterocycles. The molecule has 21 heavy (non-hydrogen) atoms. The Hall–Kier alpha value is -1.55. The van der Waals surface area contributed by atoms with E-state index in [1.54, 1.807) is 0 Å². The molecule has 0 atom stereocenters. The number of aryl methyl sites for hydroxylation is 2. The monoisotopic (exact) mass is 291 g/mol. The van der Waals surface area contributed by atoms with Crippen molar-refractivity contribution in [3.8, 4) is 5.75 Å². The highest BCUT2D eigenvalue weighted by atomic mass is 16.5. The molecule has 0 bridgehead atoms. The Balaban J connectivity index is 1.64. The van der Waals surface area contributed by atoms with Gasteiger partial charge in [0.1, 0.15) is 5.75 Å². The Morgan fingerprint density at radius 2 is 2.00 bits per heavy atom. The minimum atomic E-state index is -0.646. The lowest BCUT2D eigenvalue weighted by Gasteiger charge is -2.29. The summed E-state index contributed by atoms with van der Waals surface area (Å²) >= 11 is 0. The Labute approximate surface area is 126 Å². The number of piperidine rings is 1. The first kappa shape index (κ1) is 15.8. The number of aliphatic carboxylic acids is 1. The smallest absolute Gasteiger partial charge is 0.306 e. The second-order valence-electron chi connectivity index (χ2n) is 5.90. The maximum absolute atomic E-state index is 10.9. The summed E-state index contributed by atoms with van der Waals surface area (Å²) in [5.74, 6) is 0.142. The van der Waals surface area contributed by atoms with Gasteiger partial charge in [0, 0.05) is 6.54 Å². The zero-order valence-electron chi connectivity index (χ0n) is 13.0. The van der Waals surface area contributed by atoms with E-state index in [0.29, 0.717) is 6.61 Å². The van der Waals surface area contributed by atoms with Crippen molar-refractivity contribution in [1.82, 2.24) is 4.90 Å². The third kappa shape index (κ3) is 4.74. The number of ether oxygens (including phenoxy) is 1. The van der Waals surface area contributed by atoms with Gasteiger partial charge in [-0.05, 0) is 69.5 Å². The van der Waals surface area contributed by atoms with Gasteiger partial charge in [-0.1, -0.05) is 6.07 Å². The van der Waals surface area contributed by atoms with Crippen LogP contribution in [-0.4, -0.2) is 42.2 Å². The summed E-state index contributed by atoms with van der Waals surface area (Å²) in [4.78, 5) is 13.2. The Morgan fingerprint density at radius 1 is 1.29 bits per heavy atom. The maximum atomic E-state index is 10.9. The molecular weight excluding hydrogens is 266 g/mol. The van der Waals surface area contributed by atoms with Crippen molar-refractivity contribution in [2.24, 2.45) is 5.92 Å². The number of hydrogen-bond donors (Lipinski definition) is 1. The quantitative estimate of drug-likeness (QED) is 0.819. The van der Waals surface area contributed by atoms with E-state index >= 15 is 0 Å². The number of hydrogen-bond acceptors (Lipinski definition) is 3. The number of carbonyl (C=O) groups is 1. The number of likely N-dealkylation sites (tertiary alicyclic amines) is 1. The van der Waals surface area contributed by atoms with Crippen LogP contribution >= 0.6 is 0 Å². The van der Waals surface area contributed by atoms with Crippen LogP contribution < -0.4 is 4.74 Å². The second-order valence-corrected chi connectivity index (χ2v) is 5.90.